The second kappa shape index (κ2) is 6.98. The molecule has 1 fully saturated rings. The van der Waals surface area contributed by atoms with Gasteiger partial charge in [0, 0.05) is 12.1 Å². The van der Waals surface area contributed by atoms with Gasteiger partial charge in [0.2, 0.25) is 5.91 Å². The summed E-state index contributed by atoms with van der Waals surface area (Å²) in [5.41, 5.74) is 1.20. The Morgan fingerprint density at radius 2 is 1.95 bits per heavy atom. The molecule has 1 aromatic carbocycles. The smallest absolute Gasteiger partial charge is 0.224 e. The topological polar surface area (TPSA) is 76.7 Å². The predicted octanol–water partition coefficient (Wildman–Crippen LogP) is 2.90. The summed E-state index contributed by atoms with van der Waals surface area (Å²) in [6.45, 7) is 0. The summed E-state index contributed by atoms with van der Waals surface area (Å²) in [5, 5.41) is 20.6. The number of benzene rings is 1. The van der Waals surface area contributed by atoms with Gasteiger partial charge in [0.25, 0.3) is 0 Å². The lowest BCUT2D eigenvalue weighted by Crippen LogP contribution is -2.19. The number of carbonyl (C=O) groups excluding carboxylic acids is 1. The highest BCUT2D eigenvalue weighted by molar-refractivity contribution is 7.99. The van der Waals surface area contributed by atoms with Crippen LogP contribution in [0.2, 0.25) is 0 Å². The van der Waals surface area contributed by atoms with Crippen LogP contribution in [0.4, 0.5) is 5.69 Å². The number of rotatable bonds is 3. The van der Waals surface area contributed by atoms with Gasteiger partial charge in [0.05, 0.1) is 11.1 Å². The Balaban J connectivity index is 1.97. The third kappa shape index (κ3) is 3.76. The van der Waals surface area contributed by atoms with Gasteiger partial charge < -0.3 is 5.32 Å². The average Bonchev–Trinajstić information content (AvgIpc) is 2.48. The zero-order valence-electron chi connectivity index (χ0n) is 11.1. The van der Waals surface area contributed by atoms with E-state index in [1.54, 1.807) is 18.2 Å². The minimum atomic E-state index is -0.0181. The molecular weight excluding hydrogens is 270 g/mol. The number of anilines is 1. The van der Waals surface area contributed by atoms with E-state index in [4.69, 9.17) is 10.5 Å². The molecule has 0 unspecified atom stereocenters. The molecular formula is C15H15N3OS. The summed E-state index contributed by atoms with van der Waals surface area (Å²) in [6, 6.07) is 8.69. The zero-order valence-corrected chi connectivity index (χ0v) is 11.9. The molecule has 0 aliphatic carbocycles. The first-order valence-corrected chi connectivity index (χ1v) is 7.70. The van der Waals surface area contributed by atoms with Crippen LogP contribution in [0, 0.1) is 28.6 Å². The van der Waals surface area contributed by atoms with Crippen LogP contribution in [0.25, 0.3) is 0 Å². The fourth-order valence-corrected chi connectivity index (χ4v) is 3.44. The van der Waals surface area contributed by atoms with Crippen molar-refractivity contribution in [3.05, 3.63) is 29.3 Å². The van der Waals surface area contributed by atoms with Crippen LogP contribution < -0.4 is 5.32 Å². The molecule has 5 heteroatoms. The first-order valence-electron chi connectivity index (χ1n) is 6.55. The quantitative estimate of drug-likeness (QED) is 0.926. The summed E-state index contributed by atoms with van der Waals surface area (Å²) in [5.74, 6) is 2.71. The van der Waals surface area contributed by atoms with Gasteiger partial charge >= 0.3 is 0 Å². The normalized spacial score (nSPS) is 15.1. The van der Waals surface area contributed by atoms with Crippen LogP contribution in [-0.4, -0.2) is 17.4 Å². The van der Waals surface area contributed by atoms with E-state index in [2.05, 4.69) is 5.32 Å². The van der Waals surface area contributed by atoms with Crippen molar-refractivity contribution >= 4 is 23.4 Å². The fraction of sp³-hybridized carbons (Fsp3) is 0.400. The van der Waals surface area contributed by atoms with E-state index in [-0.39, 0.29) is 5.91 Å². The Bertz CT molecular complexity index is 580. The van der Waals surface area contributed by atoms with Crippen molar-refractivity contribution in [3.8, 4) is 12.1 Å². The third-order valence-electron chi connectivity index (χ3n) is 3.36. The summed E-state index contributed by atoms with van der Waals surface area (Å²) >= 11 is 1.94. The van der Waals surface area contributed by atoms with Gasteiger partial charge in [-0.3, -0.25) is 4.79 Å². The Morgan fingerprint density at radius 3 is 2.60 bits per heavy atom. The molecule has 2 rings (SSSR count). The van der Waals surface area contributed by atoms with Crippen molar-refractivity contribution < 1.29 is 4.79 Å². The van der Waals surface area contributed by atoms with Crippen molar-refractivity contribution in [2.75, 3.05) is 16.8 Å². The van der Waals surface area contributed by atoms with Gasteiger partial charge in [-0.2, -0.15) is 22.3 Å². The lowest BCUT2D eigenvalue weighted by atomic mass is 9.98. The molecule has 0 saturated carbocycles. The maximum Gasteiger partial charge on any atom is 0.224 e. The number of nitrogens with zero attached hydrogens (tertiary/aromatic N) is 2. The first kappa shape index (κ1) is 14.4. The van der Waals surface area contributed by atoms with Crippen molar-refractivity contribution in [2.24, 2.45) is 5.92 Å². The molecule has 0 aromatic heterocycles. The minimum Gasteiger partial charge on any atom is -0.326 e. The van der Waals surface area contributed by atoms with Crippen molar-refractivity contribution in [1.29, 1.82) is 10.5 Å². The SMILES string of the molecule is N#Cc1ccc(NC(=O)CC2CCSCC2)cc1C#N. The number of thioether (sulfide) groups is 1. The maximum absolute atomic E-state index is 12.0. The summed E-state index contributed by atoms with van der Waals surface area (Å²) in [7, 11) is 0. The maximum atomic E-state index is 12.0. The summed E-state index contributed by atoms with van der Waals surface area (Å²) < 4.78 is 0. The molecule has 4 nitrogen and oxygen atoms in total. The first-order chi connectivity index (χ1) is 9.72. The number of nitrogens with one attached hydrogen (secondary N) is 1. The molecule has 1 aliphatic heterocycles. The van der Waals surface area contributed by atoms with Crippen LogP contribution in [0.1, 0.15) is 30.4 Å². The van der Waals surface area contributed by atoms with E-state index in [1.807, 2.05) is 23.9 Å². The predicted molar refractivity (Wildman–Crippen MR) is 79.2 cm³/mol. The molecule has 1 aliphatic rings. The van der Waals surface area contributed by atoms with Crippen LogP contribution in [0.3, 0.4) is 0 Å². The Labute approximate surface area is 122 Å². The molecule has 0 bridgehead atoms. The van der Waals surface area contributed by atoms with E-state index >= 15 is 0 Å². The summed E-state index contributed by atoms with van der Waals surface area (Å²) in [4.78, 5) is 12.0. The monoisotopic (exact) mass is 285 g/mol. The molecule has 1 heterocycles. The number of carbonyl (C=O) groups is 1. The molecule has 0 spiro atoms. The van der Waals surface area contributed by atoms with E-state index in [1.165, 1.54) is 0 Å². The van der Waals surface area contributed by atoms with Gasteiger partial charge in [-0.15, -0.1) is 0 Å². The van der Waals surface area contributed by atoms with Crippen molar-refractivity contribution in [1.82, 2.24) is 0 Å². The Morgan fingerprint density at radius 1 is 1.25 bits per heavy atom. The van der Waals surface area contributed by atoms with Crippen molar-refractivity contribution in [2.45, 2.75) is 19.3 Å². The van der Waals surface area contributed by atoms with Crippen LogP contribution in [0.5, 0.6) is 0 Å². The van der Waals surface area contributed by atoms with Crippen LogP contribution in [0.15, 0.2) is 18.2 Å². The zero-order chi connectivity index (χ0) is 14.4. The van der Waals surface area contributed by atoms with Gasteiger partial charge in [-0.25, -0.2) is 0 Å². The highest BCUT2D eigenvalue weighted by Gasteiger charge is 2.17. The molecule has 1 aromatic rings. The van der Waals surface area contributed by atoms with E-state index < -0.39 is 0 Å². The van der Waals surface area contributed by atoms with Gasteiger partial charge in [0.1, 0.15) is 12.1 Å². The molecule has 102 valence electrons. The minimum absolute atomic E-state index is 0.0181. The van der Waals surface area contributed by atoms with Gasteiger partial charge in [-0.05, 0) is 48.5 Å². The standard InChI is InChI=1S/C15H15N3OS/c16-9-12-1-2-14(8-13(12)10-17)18-15(19)7-11-3-5-20-6-4-11/h1-2,8,11H,3-7H2,(H,18,19). The molecule has 0 radical (unpaired) electrons. The molecule has 1 saturated heterocycles. The number of hydrogen-bond acceptors (Lipinski definition) is 4. The van der Waals surface area contributed by atoms with E-state index in [9.17, 15) is 4.79 Å². The average molecular weight is 285 g/mol. The fourth-order valence-electron chi connectivity index (χ4n) is 2.24. The molecule has 1 N–H and O–H groups in total. The lowest BCUT2D eigenvalue weighted by molar-refractivity contribution is -0.117. The summed E-state index contributed by atoms with van der Waals surface area (Å²) in [6.07, 6.45) is 2.71. The number of nitriles is 2. The molecule has 1 amide bonds. The Kier molecular flexibility index (Phi) is 5.03. The lowest BCUT2D eigenvalue weighted by Gasteiger charge is -2.20. The van der Waals surface area contributed by atoms with E-state index in [0.29, 0.717) is 29.2 Å². The molecule has 0 atom stereocenters. The number of amides is 1. The number of hydrogen-bond donors (Lipinski definition) is 1. The van der Waals surface area contributed by atoms with Crippen LogP contribution in [-0.2, 0) is 4.79 Å². The van der Waals surface area contributed by atoms with E-state index in [0.717, 1.165) is 24.3 Å². The van der Waals surface area contributed by atoms with Crippen LogP contribution >= 0.6 is 11.8 Å². The van der Waals surface area contributed by atoms with Crippen molar-refractivity contribution in [3.63, 3.8) is 0 Å². The Hall–Kier alpha value is -1.98. The van der Waals surface area contributed by atoms with Gasteiger partial charge in [-0.1, -0.05) is 0 Å². The van der Waals surface area contributed by atoms with Gasteiger partial charge in [0.15, 0.2) is 0 Å². The highest BCUT2D eigenvalue weighted by Crippen LogP contribution is 2.25. The second-order valence-corrected chi connectivity index (χ2v) is 6.02. The molecule has 20 heavy (non-hydrogen) atoms. The highest BCUT2D eigenvalue weighted by atomic mass is 32.2. The third-order valence-corrected chi connectivity index (χ3v) is 4.41. The largest absolute Gasteiger partial charge is 0.326 e. The second-order valence-electron chi connectivity index (χ2n) is 4.79.